The van der Waals surface area contributed by atoms with Crippen LogP contribution in [0.1, 0.15) is 12.8 Å². The highest BCUT2D eigenvalue weighted by Gasteiger charge is 2.25. The van der Waals surface area contributed by atoms with Crippen LogP contribution in [0.2, 0.25) is 0 Å². The van der Waals surface area contributed by atoms with Gasteiger partial charge in [-0.2, -0.15) is 0 Å². The molecule has 0 radical (unpaired) electrons. The normalized spacial score (nSPS) is 14.8. The Morgan fingerprint density at radius 2 is 1.93 bits per heavy atom. The van der Waals surface area contributed by atoms with Crippen LogP contribution in [0.15, 0.2) is 41.8 Å². The largest absolute Gasteiger partial charge is 0.370 e. The quantitative estimate of drug-likeness (QED) is 0.698. The van der Waals surface area contributed by atoms with Crippen molar-refractivity contribution in [3.05, 3.63) is 47.6 Å². The lowest BCUT2D eigenvalue weighted by atomic mass is 9.95. The molecule has 4 rings (SSSR count). The van der Waals surface area contributed by atoms with E-state index in [0.717, 1.165) is 53.1 Å². The van der Waals surface area contributed by atoms with Crippen molar-refractivity contribution in [2.45, 2.75) is 12.8 Å². The minimum Gasteiger partial charge on any atom is -0.370 e. The van der Waals surface area contributed by atoms with Gasteiger partial charge in [0.05, 0.1) is 21.6 Å². The van der Waals surface area contributed by atoms with Crippen LogP contribution in [0.4, 0.5) is 10.1 Å². The third-order valence-electron chi connectivity index (χ3n) is 4.98. The Hall–Kier alpha value is -2.18. The van der Waals surface area contributed by atoms with E-state index in [0.29, 0.717) is 0 Å². The molecule has 0 unspecified atom stereocenters. The first-order chi connectivity index (χ1) is 12.7. The minimum atomic E-state index is -0.248. The van der Waals surface area contributed by atoms with Gasteiger partial charge in [0.2, 0.25) is 5.91 Å². The van der Waals surface area contributed by atoms with Crippen molar-refractivity contribution in [3.63, 3.8) is 0 Å². The van der Waals surface area contributed by atoms with Gasteiger partial charge in [0, 0.05) is 31.6 Å². The molecule has 1 aliphatic rings. The maximum atomic E-state index is 13.2. The topological polar surface area (TPSA) is 45.2 Å². The molecule has 1 amide bonds. The van der Waals surface area contributed by atoms with Crippen LogP contribution in [0.5, 0.6) is 0 Å². The van der Waals surface area contributed by atoms with E-state index in [2.05, 4.69) is 16.3 Å². The van der Waals surface area contributed by atoms with Crippen LogP contribution < -0.4 is 10.2 Å². The number of carbonyl (C=O) groups is 1. The number of amides is 1. The summed E-state index contributed by atoms with van der Waals surface area (Å²) in [4.78, 5) is 19.0. The zero-order valence-electron chi connectivity index (χ0n) is 14.9. The number of hydrogen-bond acceptors (Lipinski definition) is 4. The fourth-order valence-corrected chi connectivity index (χ4v) is 4.41. The summed E-state index contributed by atoms with van der Waals surface area (Å²) in [5.41, 5.74) is 3.86. The predicted octanol–water partition coefficient (Wildman–Crippen LogP) is 4.49. The van der Waals surface area contributed by atoms with Gasteiger partial charge >= 0.3 is 0 Å². The molecule has 1 saturated heterocycles. The summed E-state index contributed by atoms with van der Waals surface area (Å²) in [5.74, 6) is -0.0250. The summed E-state index contributed by atoms with van der Waals surface area (Å²) in [5, 5.41) is 4.80. The Kier molecular flexibility index (Phi) is 5.97. The summed E-state index contributed by atoms with van der Waals surface area (Å²) < 4.78 is 14.4. The molecule has 3 aromatic rings. The zero-order chi connectivity index (χ0) is 18.1. The molecular formula is C20H21ClFN3OS. The Bertz CT molecular complexity index is 936. The van der Waals surface area contributed by atoms with E-state index in [1.54, 1.807) is 30.5 Å². The summed E-state index contributed by atoms with van der Waals surface area (Å²) in [6.07, 6.45) is 1.70. The van der Waals surface area contributed by atoms with Crippen LogP contribution in [-0.4, -0.2) is 31.0 Å². The maximum Gasteiger partial charge on any atom is 0.222 e. The van der Waals surface area contributed by atoms with Gasteiger partial charge in [-0.1, -0.05) is 0 Å². The van der Waals surface area contributed by atoms with Gasteiger partial charge in [-0.05, 0) is 54.6 Å². The number of pyridine rings is 1. The van der Waals surface area contributed by atoms with Crippen molar-refractivity contribution < 1.29 is 9.18 Å². The van der Waals surface area contributed by atoms with Crippen molar-refractivity contribution in [2.75, 3.05) is 25.0 Å². The second-order valence-corrected chi connectivity index (χ2v) is 7.46. The molecule has 3 heterocycles. The Morgan fingerprint density at radius 1 is 1.22 bits per heavy atom. The molecule has 7 heteroatoms. The standard InChI is InChI=1S/C20H20FN3OS.ClH/c1-22-20(25)14-6-9-24(10-7-14)18-12-17(13-2-4-15(21)5-3-13)23-16-8-11-26-19(16)18;/h2-5,8,11-12,14H,6-7,9-10H2,1H3,(H,22,25);1H. The highest BCUT2D eigenvalue weighted by molar-refractivity contribution is 7.17. The monoisotopic (exact) mass is 405 g/mol. The van der Waals surface area contributed by atoms with Gasteiger partial charge in [0.25, 0.3) is 0 Å². The maximum absolute atomic E-state index is 13.2. The molecule has 1 N–H and O–H groups in total. The lowest BCUT2D eigenvalue weighted by Gasteiger charge is -2.33. The first-order valence-electron chi connectivity index (χ1n) is 8.76. The number of thiophene rings is 1. The second-order valence-electron chi connectivity index (χ2n) is 6.54. The number of fused-ring (bicyclic) bond motifs is 1. The average Bonchev–Trinajstić information content (AvgIpc) is 3.16. The molecule has 1 fully saturated rings. The number of nitrogens with zero attached hydrogens (tertiary/aromatic N) is 2. The highest BCUT2D eigenvalue weighted by atomic mass is 35.5. The Balaban J connectivity index is 0.00000210. The minimum absolute atomic E-state index is 0. The number of hydrogen-bond donors (Lipinski definition) is 1. The third kappa shape index (κ3) is 3.92. The van der Waals surface area contributed by atoms with Gasteiger partial charge in [0.1, 0.15) is 5.82 Å². The molecule has 0 spiro atoms. The first-order valence-corrected chi connectivity index (χ1v) is 9.64. The van der Waals surface area contributed by atoms with Gasteiger partial charge in [-0.25, -0.2) is 9.37 Å². The van der Waals surface area contributed by atoms with Crippen molar-refractivity contribution in [1.29, 1.82) is 0 Å². The number of rotatable bonds is 3. The number of anilines is 1. The van der Waals surface area contributed by atoms with E-state index in [1.165, 1.54) is 12.1 Å². The molecule has 0 bridgehead atoms. The van der Waals surface area contributed by atoms with E-state index in [1.807, 2.05) is 11.4 Å². The smallest absolute Gasteiger partial charge is 0.222 e. The van der Waals surface area contributed by atoms with E-state index < -0.39 is 0 Å². The summed E-state index contributed by atoms with van der Waals surface area (Å²) in [7, 11) is 1.70. The molecule has 4 nitrogen and oxygen atoms in total. The van der Waals surface area contributed by atoms with Crippen LogP contribution in [-0.2, 0) is 4.79 Å². The third-order valence-corrected chi connectivity index (χ3v) is 5.91. The van der Waals surface area contributed by atoms with Gasteiger partial charge in [-0.3, -0.25) is 4.79 Å². The molecule has 2 aromatic heterocycles. The van der Waals surface area contributed by atoms with Gasteiger partial charge in [0.15, 0.2) is 0 Å². The van der Waals surface area contributed by atoms with Crippen LogP contribution >= 0.6 is 23.7 Å². The van der Waals surface area contributed by atoms with Crippen molar-refractivity contribution in [1.82, 2.24) is 10.3 Å². The summed E-state index contributed by atoms with van der Waals surface area (Å²) >= 11 is 1.68. The molecule has 0 atom stereocenters. The van der Waals surface area contributed by atoms with Crippen molar-refractivity contribution in [2.24, 2.45) is 5.92 Å². The first kappa shape index (κ1) is 19.6. The fraction of sp³-hybridized carbons (Fsp3) is 0.300. The SMILES string of the molecule is CNC(=O)C1CCN(c2cc(-c3ccc(F)cc3)nc3ccsc23)CC1.Cl. The lowest BCUT2D eigenvalue weighted by molar-refractivity contribution is -0.125. The van der Waals surface area contributed by atoms with Crippen LogP contribution in [0, 0.1) is 11.7 Å². The number of piperidine rings is 1. The Labute approximate surface area is 167 Å². The van der Waals surface area contributed by atoms with Crippen molar-refractivity contribution in [3.8, 4) is 11.3 Å². The number of halogens is 2. The molecular weight excluding hydrogens is 385 g/mol. The molecule has 142 valence electrons. The van der Waals surface area contributed by atoms with E-state index in [4.69, 9.17) is 4.98 Å². The molecule has 0 aliphatic carbocycles. The van der Waals surface area contributed by atoms with E-state index >= 15 is 0 Å². The summed E-state index contributed by atoms with van der Waals surface area (Å²) in [6, 6.07) is 10.6. The number of benzene rings is 1. The molecule has 0 saturated carbocycles. The van der Waals surface area contributed by atoms with Crippen LogP contribution in [0.3, 0.4) is 0 Å². The lowest BCUT2D eigenvalue weighted by Crippen LogP contribution is -2.39. The predicted molar refractivity (Wildman–Crippen MR) is 111 cm³/mol. The second kappa shape index (κ2) is 8.23. The highest BCUT2D eigenvalue weighted by Crippen LogP contribution is 2.36. The van der Waals surface area contributed by atoms with E-state index in [9.17, 15) is 9.18 Å². The molecule has 1 aliphatic heterocycles. The van der Waals surface area contributed by atoms with E-state index in [-0.39, 0.29) is 30.0 Å². The fourth-order valence-electron chi connectivity index (χ4n) is 3.53. The van der Waals surface area contributed by atoms with Gasteiger partial charge in [-0.15, -0.1) is 23.7 Å². The number of carbonyl (C=O) groups excluding carboxylic acids is 1. The molecule has 1 aromatic carbocycles. The summed E-state index contributed by atoms with van der Waals surface area (Å²) in [6.45, 7) is 1.69. The van der Waals surface area contributed by atoms with Gasteiger partial charge < -0.3 is 10.2 Å². The number of aromatic nitrogens is 1. The van der Waals surface area contributed by atoms with Crippen molar-refractivity contribution >= 4 is 45.6 Å². The Morgan fingerprint density at radius 3 is 2.59 bits per heavy atom. The van der Waals surface area contributed by atoms with Crippen LogP contribution in [0.25, 0.3) is 21.5 Å². The average molecular weight is 406 g/mol. The zero-order valence-corrected chi connectivity index (χ0v) is 16.6. The molecule has 27 heavy (non-hydrogen) atoms. The number of nitrogens with one attached hydrogen (secondary N) is 1.